The van der Waals surface area contributed by atoms with Gasteiger partial charge in [0, 0.05) is 6.07 Å². The second kappa shape index (κ2) is 4.63. The number of halogens is 1. The highest BCUT2D eigenvalue weighted by atomic mass is 79.9. The van der Waals surface area contributed by atoms with Crippen molar-refractivity contribution in [2.75, 3.05) is 14.2 Å². The van der Waals surface area contributed by atoms with E-state index in [2.05, 4.69) is 20.9 Å². The van der Waals surface area contributed by atoms with Gasteiger partial charge in [0.15, 0.2) is 11.5 Å². The van der Waals surface area contributed by atoms with Crippen LogP contribution in [-0.4, -0.2) is 25.4 Å². The van der Waals surface area contributed by atoms with Gasteiger partial charge in [-0.1, -0.05) is 0 Å². The summed E-state index contributed by atoms with van der Waals surface area (Å²) < 4.78 is 11.0. The molecule has 5 nitrogen and oxygen atoms in total. The summed E-state index contributed by atoms with van der Waals surface area (Å²) >= 11 is 3.25. The number of rotatable bonds is 4. The molecule has 18 heavy (non-hydrogen) atoms. The molecule has 96 valence electrons. The lowest BCUT2D eigenvalue weighted by atomic mass is 10.0. The summed E-state index contributed by atoms with van der Waals surface area (Å²) in [6.45, 7) is 0. The molecule has 2 rings (SSSR count). The van der Waals surface area contributed by atoms with E-state index in [-0.39, 0.29) is 5.75 Å². The number of aromatic hydroxyl groups is 1. The third-order valence-electron chi connectivity index (χ3n) is 3.04. The minimum atomic E-state index is -0.728. The minimum Gasteiger partial charge on any atom is -0.506 e. The van der Waals surface area contributed by atoms with Gasteiger partial charge < -0.3 is 14.6 Å². The lowest BCUT2D eigenvalue weighted by molar-refractivity contribution is 0.342. The van der Waals surface area contributed by atoms with E-state index in [4.69, 9.17) is 9.47 Å². The second-order valence-electron chi connectivity index (χ2n) is 4.05. The highest BCUT2D eigenvalue weighted by Gasteiger charge is 2.50. The lowest BCUT2D eigenvalue weighted by Gasteiger charge is -2.18. The van der Waals surface area contributed by atoms with E-state index < -0.39 is 5.54 Å². The van der Waals surface area contributed by atoms with Crippen LogP contribution >= 0.6 is 15.9 Å². The molecule has 1 aliphatic rings. The summed E-state index contributed by atoms with van der Waals surface area (Å²) in [6.07, 6.45) is 2.90. The number of isocyanates is 1. The molecule has 0 spiro atoms. The molecule has 0 bridgehead atoms. The van der Waals surface area contributed by atoms with Crippen molar-refractivity contribution in [1.82, 2.24) is 0 Å². The number of hydrogen-bond donors (Lipinski definition) is 1. The van der Waals surface area contributed by atoms with Gasteiger partial charge in [0.1, 0.15) is 11.3 Å². The Kier molecular flexibility index (Phi) is 3.32. The van der Waals surface area contributed by atoms with E-state index in [0.29, 0.717) is 34.4 Å². The van der Waals surface area contributed by atoms with Gasteiger partial charge in [0.25, 0.3) is 0 Å². The molecule has 0 radical (unpaired) electrons. The van der Waals surface area contributed by atoms with Crippen LogP contribution in [0.4, 0.5) is 0 Å². The van der Waals surface area contributed by atoms with Crippen LogP contribution in [0.2, 0.25) is 0 Å². The summed E-state index contributed by atoms with van der Waals surface area (Å²) in [5.74, 6) is 0.892. The van der Waals surface area contributed by atoms with E-state index in [0.717, 1.165) is 0 Å². The average Bonchev–Trinajstić information content (AvgIpc) is 3.12. The number of nitrogens with zero attached hydrogens (tertiary/aromatic N) is 1. The quantitative estimate of drug-likeness (QED) is 0.685. The number of methoxy groups -OCH3 is 2. The van der Waals surface area contributed by atoms with Crippen molar-refractivity contribution in [3.8, 4) is 17.2 Å². The van der Waals surface area contributed by atoms with Crippen molar-refractivity contribution in [2.45, 2.75) is 18.4 Å². The van der Waals surface area contributed by atoms with Gasteiger partial charge in [-0.2, -0.15) is 4.99 Å². The Balaban J connectivity index is 2.71. The van der Waals surface area contributed by atoms with Crippen molar-refractivity contribution < 1.29 is 19.4 Å². The third-order valence-corrected chi connectivity index (χ3v) is 3.65. The van der Waals surface area contributed by atoms with Crippen molar-refractivity contribution in [3.05, 3.63) is 16.1 Å². The predicted octanol–water partition coefficient (Wildman–Crippen LogP) is 2.50. The Morgan fingerprint density at radius 1 is 1.44 bits per heavy atom. The first-order valence-electron chi connectivity index (χ1n) is 5.32. The second-order valence-corrected chi connectivity index (χ2v) is 4.91. The van der Waals surface area contributed by atoms with Crippen LogP contribution in [0, 0.1) is 0 Å². The number of phenols is 1. The number of hydrogen-bond acceptors (Lipinski definition) is 5. The van der Waals surface area contributed by atoms with Gasteiger partial charge in [-0.15, -0.1) is 0 Å². The largest absolute Gasteiger partial charge is 0.506 e. The fourth-order valence-electron chi connectivity index (χ4n) is 2.01. The number of benzene rings is 1. The minimum absolute atomic E-state index is 0.0177. The summed E-state index contributed by atoms with van der Waals surface area (Å²) in [5, 5.41) is 10.2. The Bertz CT molecular complexity index is 533. The van der Waals surface area contributed by atoms with Crippen LogP contribution in [0.15, 0.2) is 15.5 Å². The third kappa shape index (κ3) is 1.87. The predicted molar refractivity (Wildman–Crippen MR) is 67.9 cm³/mol. The number of aliphatic imine (C=N–C) groups is 1. The van der Waals surface area contributed by atoms with Crippen LogP contribution < -0.4 is 9.47 Å². The molecule has 1 saturated carbocycles. The maximum Gasteiger partial charge on any atom is 0.235 e. The summed E-state index contributed by atoms with van der Waals surface area (Å²) in [6, 6.07) is 1.61. The summed E-state index contributed by atoms with van der Waals surface area (Å²) in [4.78, 5) is 14.3. The molecule has 1 aromatic rings. The van der Waals surface area contributed by atoms with E-state index in [1.54, 1.807) is 12.1 Å². The highest BCUT2D eigenvalue weighted by Crippen LogP contribution is 2.58. The molecule has 0 amide bonds. The van der Waals surface area contributed by atoms with E-state index in [1.807, 2.05) is 0 Å². The fraction of sp³-hybridized carbons (Fsp3) is 0.417. The van der Waals surface area contributed by atoms with Gasteiger partial charge in [-0.05, 0) is 28.8 Å². The molecule has 1 fully saturated rings. The van der Waals surface area contributed by atoms with E-state index in [9.17, 15) is 9.90 Å². The maximum atomic E-state index is 10.5. The van der Waals surface area contributed by atoms with Crippen LogP contribution in [-0.2, 0) is 10.3 Å². The van der Waals surface area contributed by atoms with Gasteiger partial charge in [0.2, 0.25) is 6.08 Å². The maximum absolute atomic E-state index is 10.5. The zero-order valence-corrected chi connectivity index (χ0v) is 11.6. The van der Waals surface area contributed by atoms with Crippen LogP contribution in [0.3, 0.4) is 0 Å². The molecule has 0 atom stereocenters. The molecule has 0 aromatic heterocycles. The zero-order chi connectivity index (χ0) is 13.3. The Labute approximate surface area is 113 Å². The number of carbonyl (C=O) groups excluding carboxylic acids is 1. The first-order valence-corrected chi connectivity index (χ1v) is 6.12. The summed E-state index contributed by atoms with van der Waals surface area (Å²) in [5.41, 5.74) is -0.256. The topological polar surface area (TPSA) is 68.1 Å². The van der Waals surface area contributed by atoms with Gasteiger partial charge >= 0.3 is 0 Å². The molecular formula is C12H12BrNO4. The van der Waals surface area contributed by atoms with Crippen molar-refractivity contribution in [3.63, 3.8) is 0 Å². The van der Waals surface area contributed by atoms with Crippen molar-refractivity contribution in [2.24, 2.45) is 4.99 Å². The molecule has 1 aliphatic carbocycles. The molecule has 6 heteroatoms. The Hall–Kier alpha value is -1.52. The van der Waals surface area contributed by atoms with Gasteiger partial charge in [0.05, 0.1) is 24.3 Å². The molecule has 1 aromatic carbocycles. The average molecular weight is 314 g/mol. The van der Waals surface area contributed by atoms with Crippen LogP contribution in [0.5, 0.6) is 17.2 Å². The lowest BCUT2D eigenvalue weighted by Crippen LogP contribution is -2.07. The van der Waals surface area contributed by atoms with Crippen LogP contribution in [0.25, 0.3) is 0 Å². The first kappa shape index (κ1) is 12.9. The molecule has 0 saturated heterocycles. The molecular weight excluding hydrogens is 302 g/mol. The number of ether oxygens (including phenoxy) is 2. The molecule has 1 N–H and O–H groups in total. The Morgan fingerprint density at radius 3 is 2.56 bits per heavy atom. The molecule has 0 aliphatic heterocycles. The van der Waals surface area contributed by atoms with Crippen LogP contribution in [0.1, 0.15) is 18.4 Å². The first-order chi connectivity index (χ1) is 8.59. The summed E-state index contributed by atoms with van der Waals surface area (Å²) in [7, 11) is 2.99. The number of phenolic OH excluding ortho intramolecular Hbond substituents is 1. The standard InChI is InChI=1S/C12H12BrNO4/c1-17-8-5-7(13)10(16)9(11(8)18-2)12(3-4-12)14-6-15/h5,16H,3-4H2,1-2H3. The SMILES string of the molecule is COc1cc(Br)c(O)c(C2(N=C=O)CC2)c1OC. The smallest absolute Gasteiger partial charge is 0.235 e. The fourth-order valence-corrected chi connectivity index (χ4v) is 2.41. The molecule has 0 unspecified atom stereocenters. The van der Waals surface area contributed by atoms with E-state index in [1.165, 1.54) is 14.2 Å². The Morgan fingerprint density at radius 2 is 2.11 bits per heavy atom. The zero-order valence-electron chi connectivity index (χ0n) is 9.99. The highest BCUT2D eigenvalue weighted by molar-refractivity contribution is 9.10. The van der Waals surface area contributed by atoms with Crippen molar-refractivity contribution in [1.29, 1.82) is 0 Å². The van der Waals surface area contributed by atoms with Gasteiger partial charge in [-0.25, -0.2) is 4.79 Å². The normalized spacial score (nSPS) is 15.7. The van der Waals surface area contributed by atoms with E-state index >= 15 is 0 Å². The van der Waals surface area contributed by atoms with Crippen molar-refractivity contribution >= 4 is 22.0 Å². The monoisotopic (exact) mass is 313 g/mol. The van der Waals surface area contributed by atoms with Gasteiger partial charge in [-0.3, -0.25) is 0 Å². The molecule has 0 heterocycles.